The van der Waals surface area contributed by atoms with Crippen molar-refractivity contribution in [3.63, 3.8) is 0 Å². The number of hydrogen-bond donors (Lipinski definition) is 1. The Labute approximate surface area is 125 Å². The Morgan fingerprint density at radius 3 is 2.64 bits per heavy atom. The molecule has 6 nitrogen and oxygen atoms in total. The first-order chi connectivity index (χ1) is 10.5. The number of likely N-dealkylation sites (N-methyl/N-ethyl adjacent to an activating group) is 1. The lowest BCUT2D eigenvalue weighted by Gasteiger charge is -2.20. The van der Waals surface area contributed by atoms with Crippen LogP contribution in [-0.4, -0.2) is 52.4 Å². The topological polar surface area (TPSA) is 71.5 Å². The number of nitrogens with zero attached hydrogens (tertiary/aromatic N) is 3. The van der Waals surface area contributed by atoms with Crippen molar-refractivity contribution in [2.75, 3.05) is 20.1 Å². The predicted octanol–water partition coefficient (Wildman–Crippen LogP) is 1.06. The van der Waals surface area contributed by atoms with E-state index in [9.17, 15) is 18.7 Å². The summed E-state index contributed by atoms with van der Waals surface area (Å²) in [6.07, 6.45) is -3.47. The summed E-state index contributed by atoms with van der Waals surface area (Å²) in [6, 6.07) is 8.89. The van der Waals surface area contributed by atoms with E-state index in [2.05, 4.69) is 9.68 Å². The fraction of sp³-hybridized carbons (Fsp3) is 0.429. The number of aromatic nitrogens is 2. The Bertz CT molecular complexity index is 642. The van der Waals surface area contributed by atoms with Crippen LogP contribution in [0, 0.1) is 0 Å². The highest BCUT2D eigenvalue weighted by molar-refractivity contribution is 5.54. The van der Waals surface area contributed by atoms with Gasteiger partial charge in [-0.25, -0.2) is 13.6 Å². The van der Waals surface area contributed by atoms with Crippen molar-refractivity contribution in [2.24, 2.45) is 0 Å². The van der Waals surface area contributed by atoms with Gasteiger partial charge < -0.3 is 5.11 Å². The average molecular weight is 313 g/mol. The first kappa shape index (κ1) is 16.3. The molecule has 0 saturated heterocycles. The van der Waals surface area contributed by atoms with Gasteiger partial charge in [-0.15, -0.1) is 0 Å². The van der Waals surface area contributed by atoms with Crippen LogP contribution in [-0.2, 0) is 6.54 Å². The van der Waals surface area contributed by atoms with Gasteiger partial charge in [0.1, 0.15) is 0 Å². The van der Waals surface area contributed by atoms with Crippen molar-refractivity contribution in [1.82, 2.24) is 14.6 Å². The zero-order valence-electron chi connectivity index (χ0n) is 12.0. The van der Waals surface area contributed by atoms with Crippen LogP contribution in [0.5, 0.6) is 0 Å². The van der Waals surface area contributed by atoms with Crippen LogP contribution < -0.4 is 5.76 Å². The molecule has 1 aromatic carbocycles. The quantitative estimate of drug-likeness (QED) is 0.827. The number of aliphatic hydroxyl groups excluding tert-OH is 1. The monoisotopic (exact) mass is 313 g/mol. The second kappa shape index (κ2) is 7.28. The molecule has 1 heterocycles. The number of hydrogen-bond acceptors (Lipinski definition) is 5. The molecule has 2 aromatic rings. The predicted molar refractivity (Wildman–Crippen MR) is 75.7 cm³/mol. The molecule has 0 aliphatic heterocycles. The second-order valence-electron chi connectivity index (χ2n) is 5.01. The molecule has 0 fully saturated rings. The second-order valence-corrected chi connectivity index (χ2v) is 5.01. The molecule has 1 N–H and O–H groups in total. The van der Waals surface area contributed by atoms with Crippen molar-refractivity contribution >= 4 is 0 Å². The van der Waals surface area contributed by atoms with E-state index in [1.54, 1.807) is 24.3 Å². The highest BCUT2D eigenvalue weighted by Crippen LogP contribution is 2.15. The number of aliphatic hydroxyl groups is 1. The van der Waals surface area contributed by atoms with E-state index in [4.69, 9.17) is 0 Å². The molecule has 22 heavy (non-hydrogen) atoms. The van der Waals surface area contributed by atoms with Gasteiger partial charge in [0.15, 0.2) is 5.82 Å². The summed E-state index contributed by atoms with van der Waals surface area (Å²) < 4.78 is 30.3. The highest BCUT2D eigenvalue weighted by atomic mass is 19.3. The first-order valence-corrected chi connectivity index (χ1v) is 6.74. The van der Waals surface area contributed by atoms with Crippen LogP contribution in [0.15, 0.2) is 39.6 Å². The summed E-state index contributed by atoms with van der Waals surface area (Å²) in [4.78, 5) is 13.0. The zero-order chi connectivity index (χ0) is 16.1. The van der Waals surface area contributed by atoms with Crippen LogP contribution in [0.25, 0.3) is 11.4 Å². The average Bonchev–Trinajstić information content (AvgIpc) is 2.80. The number of halogens is 2. The third-order valence-electron chi connectivity index (χ3n) is 3.08. The van der Waals surface area contributed by atoms with Gasteiger partial charge in [0, 0.05) is 12.1 Å². The molecule has 120 valence electrons. The minimum absolute atomic E-state index is 0.0101. The van der Waals surface area contributed by atoms with Gasteiger partial charge in [-0.1, -0.05) is 35.5 Å². The Balaban J connectivity index is 2.10. The Kier molecular flexibility index (Phi) is 5.40. The summed E-state index contributed by atoms with van der Waals surface area (Å²) in [5.41, 5.74) is 0.668. The summed E-state index contributed by atoms with van der Waals surface area (Å²) in [7, 11) is 1.48. The molecule has 1 aromatic heterocycles. The SMILES string of the molecule is CN(CC(F)F)CC(O)Cn1c(-c2ccccc2)noc1=O. The maximum Gasteiger partial charge on any atom is 0.441 e. The Hall–Kier alpha value is -2.06. The lowest BCUT2D eigenvalue weighted by Crippen LogP contribution is -2.36. The lowest BCUT2D eigenvalue weighted by molar-refractivity contribution is 0.0616. The summed E-state index contributed by atoms with van der Waals surface area (Å²) in [5.74, 6) is -0.407. The molecule has 0 amide bonds. The van der Waals surface area contributed by atoms with Crippen molar-refractivity contribution in [2.45, 2.75) is 19.1 Å². The molecule has 0 bridgehead atoms. The van der Waals surface area contributed by atoms with Crippen LogP contribution in [0.1, 0.15) is 0 Å². The molecule has 8 heteroatoms. The normalized spacial score (nSPS) is 13.0. The van der Waals surface area contributed by atoms with Crippen molar-refractivity contribution < 1.29 is 18.4 Å². The Morgan fingerprint density at radius 2 is 2.00 bits per heavy atom. The maximum atomic E-state index is 12.3. The van der Waals surface area contributed by atoms with Crippen molar-refractivity contribution in [1.29, 1.82) is 0 Å². The molecule has 0 radical (unpaired) electrons. The van der Waals surface area contributed by atoms with E-state index in [-0.39, 0.29) is 13.1 Å². The van der Waals surface area contributed by atoms with Gasteiger partial charge in [0.2, 0.25) is 0 Å². The standard InChI is InChI=1S/C14H17F2N3O3/c1-18(9-12(15)16)7-11(20)8-19-13(17-22-14(19)21)10-5-3-2-4-6-10/h2-6,11-12,20H,7-9H2,1H3. The van der Waals surface area contributed by atoms with E-state index in [1.165, 1.54) is 16.5 Å². The fourth-order valence-electron chi connectivity index (χ4n) is 2.16. The van der Waals surface area contributed by atoms with E-state index in [0.717, 1.165) is 0 Å². The fourth-order valence-corrected chi connectivity index (χ4v) is 2.16. The third-order valence-corrected chi connectivity index (χ3v) is 3.08. The first-order valence-electron chi connectivity index (χ1n) is 6.74. The molecule has 2 rings (SSSR count). The molecule has 0 aliphatic carbocycles. The molecular weight excluding hydrogens is 296 g/mol. The molecular formula is C14H17F2N3O3. The van der Waals surface area contributed by atoms with Crippen LogP contribution >= 0.6 is 0 Å². The van der Waals surface area contributed by atoms with Gasteiger partial charge in [-0.05, 0) is 7.05 Å². The number of rotatable bonds is 7. The number of alkyl halides is 2. The minimum atomic E-state index is -2.48. The van der Waals surface area contributed by atoms with Crippen LogP contribution in [0.3, 0.4) is 0 Å². The molecule has 0 spiro atoms. The van der Waals surface area contributed by atoms with Crippen LogP contribution in [0.4, 0.5) is 8.78 Å². The van der Waals surface area contributed by atoms with Crippen molar-refractivity contribution in [3.05, 3.63) is 40.9 Å². The summed E-state index contributed by atoms with van der Waals surface area (Å²) in [6.45, 7) is -0.516. The Morgan fingerprint density at radius 1 is 1.32 bits per heavy atom. The van der Waals surface area contributed by atoms with Gasteiger partial charge in [-0.3, -0.25) is 14.0 Å². The third kappa shape index (κ3) is 4.22. The van der Waals surface area contributed by atoms with Gasteiger partial charge in [0.25, 0.3) is 6.43 Å². The molecule has 1 atom stereocenters. The van der Waals surface area contributed by atoms with E-state index < -0.39 is 24.8 Å². The molecule has 0 aliphatic rings. The largest absolute Gasteiger partial charge is 0.441 e. The van der Waals surface area contributed by atoms with E-state index in [1.807, 2.05) is 6.07 Å². The van der Waals surface area contributed by atoms with Gasteiger partial charge >= 0.3 is 5.76 Å². The lowest BCUT2D eigenvalue weighted by atomic mass is 10.2. The van der Waals surface area contributed by atoms with E-state index >= 15 is 0 Å². The summed E-state index contributed by atoms with van der Waals surface area (Å²) >= 11 is 0. The summed E-state index contributed by atoms with van der Waals surface area (Å²) in [5, 5.41) is 13.7. The van der Waals surface area contributed by atoms with Gasteiger partial charge in [-0.2, -0.15) is 0 Å². The molecule has 0 saturated carbocycles. The zero-order valence-corrected chi connectivity index (χ0v) is 12.0. The van der Waals surface area contributed by atoms with E-state index in [0.29, 0.717) is 11.4 Å². The maximum absolute atomic E-state index is 12.3. The van der Waals surface area contributed by atoms with Gasteiger partial charge in [0.05, 0.1) is 19.2 Å². The smallest absolute Gasteiger partial charge is 0.390 e. The van der Waals surface area contributed by atoms with Crippen molar-refractivity contribution in [3.8, 4) is 11.4 Å². The minimum Gasteiger partial charge on any atom is -0.390 e. The molecule has 1 unspecified atom stereocenters. The number of benzene rings is 1. The highest BCUT2D eigenvalue weighted by Gasteiger charge is 2.18. The van der Waals surface area contributed by atoms with Crippen LogP contribution in [0.2, 0.25) is 0 Å².